The van der Waals surface area contributed by atoms with Crippen LogP contribution in [0.4, 0.5) is 0 Å². The molecule has 1 rings (SSSR count). The maximum Gasteiger partial charge on any atom is 0.335 e. The van der Waals surface area contributed by atoms with E-state index in [1.165, 1.54) is 17.8 Å². The molecule has 1 amide bonds. The molecule has 104 valence electrons. The topological polar surface area (TPSA) is 66.4 Å². The summed E-state index contributed by atoms with van der Waals surface area (Å²) in [6, 6.07) is 6.73. The number of carboxylic acid groups (broad SMARTS) is 1. The maximum absolute atomic E-state index is 11.7. The number of hydrogen-bond acceptors (Lipinski definition) is 3. The van der Waals surface area contributed by atoms with E-state index in [0.29, 0.717) is 11.7 Å². The molecule has 4 nitrogen and oxygen atoms in total. The Balaban J connectivity index is 2.50. The van der Waals surface area contributed by atoms with Crippen molar-refractivity contribution >= 4 is 23.6 Å². The van der Waals surface area contributed by atoms with E-state index in [9.17, 15) is 9.59 Å². The average molecular weight is 281 g/mol. The van der Waals surface area contributed by atoms with Gasteiger partial charge < -0.3 is 10.4 Å². The van der Waals surface area contributed by atoms with Gasteiger partial charge in [-0.05, 0) is 31.0 Å². The molecule has 1 aromatic carbocycles. The first-order chi connectivity index (χ1) is 8.90. The van der Waals surface area contributed by atoms with Crippen LogP contribution in [0.25, 0.3) is 0 Å². The van der Waals surface area contributed by atoms with Crippen molar-refractivity contribution in [1.82, 2.24) is 5.32 Å². The second-order valence-corrected chi connectivity index (χ2v) is 5.77. The van der Waals surface area contributed by atoms with E-state index in [2.05, 4.69) is 19.2 Å². The standard InChI is InChI=1S/C14H19NO3S/c1-9(2)10(3)15-13(16)8-19-12-6-4-5-11(7-12)14(17)18/h4-7,9-10H,8H2,1-3H3,(H,15,16)(H,17,18). The third kappa shape index (κ3) is 5.34. The van der Waals surface area contributed by atoms with Crippen molar-refractivity contribution in [2.45, 2.75) is 31.7 Å². The van der Waals surface area contributed by atoms with Gasteiger partial charge in [-0.1, -0.05) is 19.9 Å². The molecule has 0 aromatic heterocycles. The average Bonchev–Trinajstić information content (AvgIpc) is 2.36. The van der Waals surface area contributed by atoms with Crippen molar-refractivity contribution in [2.24, 2.45) is 5.92 Å². The lowest BCUT2D eigenvalue weighted by molar-refractivity contribution is -0.119. The zero-order chi connectivity index (χ0) is 14.4. The minimum absolute atomic E-state index is 0.0353. The predicted molar refractivity (Wildman–Crippen MR) is 76.6 cm³/mol. The number of thioether (sulfide) groups is 1. The Labute approximate surface area is 117 Å². The van der Waals surface area contributed by atoms with E-state index in [0.717, 1.165) is 4.90 Å². The van der Waals surface area contributed by atoms with E-state index >= 15 is 0 Å². The highest BCUT2D eigenvalue weighted by molar-refractivity contribution is 8.00. The lowest BCUT2D eigenvalue weighted by atomic mass is 10.1. The van der Waals surface area contributed by atoms with Crippen molar-refractivity contribution in [3.05, 3.63) is 29.8 Å². The smallest absolute Gasteiger partial charge is 0.335 e. The number of nitrogens with one attached hydrogen (secondary N) is 1. The summed E-state index contributed by atoms with van der Waals surface area (Å²) in [5.41, 5.74) is 0.237. The van der Waals surface area contributed by atoms with Gasteiger partial charge in [-0.25, -0.2) is 4.79 Å². The number of hydrogen-bond donors (Lipinski definition) is 2. The Morgan fingerprint density at radius 3 is 2.58 bits per heavy atom. The number of carbonyl (C=O) groups excluding carboxylic acids is 1. The molecule has 0 radical (unpaired) electrons. The van der Waals surface area contributed by atoms with Crippen molar-refractivity contribution in [1.29, 1.82) is 0 Å². The van der Waals surface area contributed by atoms with Crippen LogP contribution in [0.2, 0.25) is 0 Å². The van der Waals surface area contributed by atoms with Gasteiger partial charge in [0.05, 0.1) is 11.3 Å². The van der Waals surface area contributed by atoms with Gasteiger partial charge in [0.15, 0.2) is 0 Å². The Kier molecular flexibility index (Phi) is 5.89. The van der Waals surface area contributed by atoms with Gasteiger partial charge in [-0.2, -0.15) is 0 Å². The van der Waals surface area contributed by atoms with Crippen LogP contribution in [0.5, 0.6) is 0 Å². The normalized spacial score (nSPS) is 12.2. The van der Waals surface area contributed by atoms with E-state index in [-0.39, 0.29) is 17.5 Å². The SMILES string of the molecule is CC(C)C(C)NC(=O)CSc1cccc(C(=O)O)c1. The van der Waals surface area contributed by atoms with E-state index in [1.807, 2.05) is 6.92 Å². The highest BCUT2D eigenvalue weighted by Gasteiger charge is 2.11. The molecule has 1 atom stereocenters. The number of aromatic carboxylic acids is 1. The number of amides is 1. The fraction of sp³-hybridized carbons (Fsp3) is 0.429. The first-order valence-electron chi connectivity index (χ1n) is 6.15. The van der Waals surface area contributed by atoms with Crippen LogP contribution in [0.15, 0.2) is 29.2 Å². The fourth-order valence-electron chi connectivity index (χ4n) is 1.33. The molecule has 1 unspecified atom stereocenters. The lowest BCUT2D eigenvalue weighted by Gasteiger charge is -2.17. The minimum Gasteiger partial charge on any atom is -0.478 e. The summed E-state index contributed by atoms with van der Waals surface area (Å²) in [5.74, 6) is -0.309. The Morgan fingerprint density at radius 1 is 1.32 bits per heavy atom. The summed E-state index contributed by atoms with van der Waals surface area (Å²) >= 11 is 1.34. The zero-order valence-corrected chi connectivity index (χ0v) is 12.2. The number of carboxylic acids is 1. The van der Waals surface area contributed by atoms with Crippen LogP contribution in [-0.4, -0.2) is 28.8 Å². The molecule has 0 fully saturated rings. The summed E-state index contributed by atoms with van der Waals surface area (Å²) in [6.45, 7) is 6.07. The molecule has 0 bridgehead atoms. The molecular weight excluding hydrogens is 262 g/mol. The lowest BCUT2D eigenvalue weighted by Crippen LogP contribution is -2.37. The highest BCUT2D eigenvalue weighted by Crippen LogP contribution is 2.19. The molecule has 2 N–H and O–H groups in total. The Bertz CT molecular complexity index is 460. The Morgan fingerprint density at radius 2 is 2.00 bits per heavy atom. The molecular formula is C14H19NO3S. The molecule has 0 saturated heterocycles. The molecule has 0 aliphatic heterocycles. The fourth-order valence-corrected chi connectivity index (χ4v) is 2.10. The van der Waals surface area contributed by atoms with E-state index in [4.69, 9.17) is 5.11 Å². The van der Waals surface area contributed by atoms with Crippen molar-refractivity contribution in [3.63, 3.8) is 0 Å². The molecule has 0 heterocycles. The van der Waals surface area contributed by atoms with Gasteiger partial charge in [0.1, 0.15) is 0 Å². The first-order valence-corrected chi connectivity index (χ1v) is 7.14. The van der Waals surface area contributed by atoms with Crippen LogP contribution < -0.4 is 5.32 Å². The van der Waals surface area contributed by atoms with Crippen molar-refractivity contribution < 1.29 is 14.7 Å². The van der Waals surface area contributed by atoms with Gasteiger partial charge >= 0.3 is 5.97 Å². The van der Waals surface area contributed by atoms with Gasteiger partial charge in [0, 0.05) is 10.9 Å². The van der Waals surface area contributed by atoms with Crippen LogP contribution in [0, 0.1) is 5.92 Å². The van der Waals surface area contributed by atoms with Crippen molar-refractivity contribution in [2.75, 3.05) is 5.75 Å². The molecule has 0 aliphatic carbocycles. The molecule has 5 heteroatoms. The second-order valence-electron chi connectivity index (χ2n) is 4.72. The van der Waals surface area contributed by atoms with Gasteiger partial charge in [0.25, 0.3) is 0 Å². The maximum atomic E-state index is 11.7. The third-order valence-electron chi connectivity index (χ3n) is 2.84. The van der Waals surface area contributed by atoms with E-state index in [1.54, 1.807) is 18.2 Å². The Hall–Kier alpha value is -1.49. The predicted octanol–water partition coefficient (Wildman–Crippen LogP) is 2.64. The van der Waals surface area contributed by atoms with Crippen molar-refractivity contribution in [3.8, 4) is 0 Å². The highest BCUT2D eigenvalue weighted by atomic mass is 32.2. The number of rotatable bonds is 6. The summed E-state index contributed by atoms with van der Waals surface area (Å²) in [7, 11) is 0. The van der Waals surface area contributed by atoms with Crippen LogP contribution in [0.3, 0.4) is 0 Å². The molecule has 19 heavy (non-hydrogen) atoms. The largest absolute Gasteiger partial charge is 0.478 e. The second kappa shape index (κ2) is 7.19. The minimum atomic E-state index is -0.958. The van der Waals surface area contributed by atoms with Crippen LogP contribution in [0.1, 0.15) is 31.1 Å². The van der Waals surface area contributed by atoms with Gasteiger partial charge in [0.2, 0.25) is 5.91 Å². The summed E-state index contributed by atoms with van der Waals surface area (Å²) in [6.07, 6.45) is 0. The van der Waals surface area contributed by atoms with Gasteiger partial charge in [-0.3, -0.25) is 4.79 Å². The van der Waals surface area contributed by atoms with Gasteiger partial charge in [-0.15, -0.1) is 11.8 Å². The summed E-state index contributed by atoms with van der Waals surface area (Å²) < 4.78 is 0. The summed E-state index contributed by atoms with van der Waals surface area (Å²) in [5, 5.41) is 11.8. The summed E-state index contributed by atoms with van der Waals surface area (Å²) in [4.78, 5) is 23.3. The zero-order valence-electron chi connectivity index (χ0n) is 11.3. The quantitative estimate of drug-likeness (QED) is 0.787. The molecule has 0 aliphatic rings. The van der Waals surface area contributed by atoms with Crippen LogP contribution in [-0.2, 0) is 4.79 Å². The molecule has 0 spiro atoms. The third-order valence-corrected chi connectivity index (χ3v) is 3.83. The molecule has 1 aromatic rings. The monoisotopic (exact) mass is 281 g/mol. The van der Waals surface area contributed by atoms with Crippen LogP contribution >= 0.6 is 11.8 Å². The number of benzene rings is 1. The molecule has 0 saturated carbocycles. The number of carbonyl (C=O) groups is 2. The first kappa shape index (κ1) is 15.6. The van der Waals surface area contributed by atoms with E-state index < -0.39 is 5.97 Å².